The molecule has 2 aliphatic rings. The van der Waals surface area contributed by atoms with Gasteiger partial charge in [-0.15, -0.1) is 0 Å². The predicted octanol–water partition coefficient (Wildman–Crippen LogP) is 3.50. The Morgan fingerprint density at radius 3 is 2.63 bits per heavy atom. The number of anilines is 1. The van der Waals surface area contributed by atoms with Gasteiger partial charge in [0.15, 0.2) is 0 Å². The van der Waals surface area contributed by atoms with Crippen molar-refractivity contribution < 1.29 is 0 Å². The molecule has 0 N–H and O–H groups in total. The lowest BCUT2D eigenvalue weighted by atomic mass is 9.89. The van der Waals surface area contributed by atoms with Gasteiger partial charge in [0.2, 0.25) is 0 Å². The van der Waals surface area contributed by atoms with E-state index in [2.05, 4.69) is 22.0 Å². The van der Waals surface area contributed by atoms with E-state index in [9.17, 15) is 0 Å². The molecule has 0 amide bonds. The van der Waals surface area contributed by atoms with Gasteiger partial charge in [-0.3, -0.25) is 0 Å². The van der Waals surface area contributed by atoms with Crippen LogP contribution in [0.3, 0.4) is 0 Å². The summed E-state index contributed by atoms with van der Waals surface area (Å²) in [7, 11) is 0. The Labute approximate surface area is 115 Å². The van der Waals surface area contributed by atoms with Crippen molar-refractivity contribution in [3.8, 4) is 6.07 Å². The van der Waals surface area contributed by atoms with E-state index in [1.807, 2.05) is 6.07 Å². The minimum atomic E-state index is 0.534. The van der Waals surface area contributed by atoms with Crippen molar-refractivity contribution in [2.75, 3.05) is 11.4 Å². The summed E-state index contributed by atoms with van der Waals surface area (Å²) in [5.74, 6) is 1.83. The standard InChI is InChI=1S/C16H21N3/c17-11-14-7-4-8-16(18-14)19(15-9-10-15)12-13-5-2-1-3-6-13/h4,7-8,13,15H,1-3,5-6,9-10,12H2. The number of hydrogen-bond acceptors (Lipinski definition) is 3. The van der Waals surface area contributed by atoms with Gasteiger partial charge in [0.25, 0.3) is 0 Å². The molecule has 2 fully saturated rings. The summed E-state index contributed by atoms with van der Waals surface area (Å²) in [6, 6.07) is 8.62. The number of rotatable bonds is 4. The first-order valence-corrected chi connectivity index (χ1v) is 7.50. The Kier molecular flexibility index (Phi) is 3.68. The molecule has 3 heteroatoms. The Morgan fingerprint density at radius 2 is 1.95 bits per heavy atom. The minimum absolute atomic E-state index is 0.534. The molecule has 2 saturated carbocycles. The molecule has 1 aromatic rings. The zero-order valence-corrected chi connectivity index (χ0v) is 11.4. The molecule has 0 aromatic carbocycles. The van der Waals surface area contributed by atoms with Gasteiger partial charge in [-0.25, -0.2) is 4.98 Å². The minimum Gasteiger partial charge on any atom is -0.353 e. The molecule has 0 aliphatic heterocycles. The second-order valence-corrected chi connectivity index (χ2v) is 5.88. The molecule has 0 saturated heterocycles. The Hall–Kier alpha value is -1.56. The molecule has 1 heterocycles. The van der Waals surface area contributed by atoms with E-state index in [4.69, 9.17) is 5.26 Å². The van der Waals surface area contributed by atoms with Gasteiger partial charge in [0, 0.05) is 12.6 Å². The van der Waals surface area contributed by atoms with Crippen LogP contribution in [0.4, 0.5) is 5.82 Å². The Balaban J connectivity index is 1.74. The fourth-order valence-corrected chi connectivity index (χ4v) is 3.11. The number of nitrogens with zero attached hydrogens (tertiary/aromatic N) is 3. The van der Waals surface area contributed by atoms with Gasteiger partial charge < -0.3 is 4.90 Å². The highest BCUT2D eigenvalue weighted by molar-refractivity contribution is 5.44. The van der Waals surface area contributed by atoms with Crippen LogP contribution >= 0.6 is 0 Å². The van der Waals surface area contributed by atoms with Crippen LogP contribution in [-0.4, -0.2) is 17.6 Å². The van der Waals surface area contributed by atoms with Crippen LogP contribution in [0.1, 0.15) is 50.6 Å². The van der Waals surface area contributed by atoms with Crippen molar-refractivity contribution in [1.82, 2.24) is 4.98 Å². The summed E-state index contributed by atoms with van der Waals surface area (Å²) in [5, 5.41) is 8.99. The molecular formula is C16H21N3. The van der Waals surface area contributed by atoms with E-state index < -0.39 is 0 Å². The molecule has 2 aliphatic carbocycles. The van der Waals surface area contributed by atoms with Gasteiger partial charge in [0.1, 0.15) is 17.6 Å². The predicted molar refractivity (Wildman–Crippen MR) is 75.9 cm³/mol. The molecule has 0 unspecified atom stereocenters. The first-order valence-electron chi connectivity index (χ1n) is 7.50. The van der Waals surface area contributed by atoms with Gasteiger partial charge >= 0.3 is 0 Å². The lowest BCUT2D eigenvalue weighted by Crippen LogP contribution is -2.33. The van der Waals surface area contributed by atoms with E-state index >= 15 is 0 Å². The second-order valence-electron chi connectivity index (χ2n) is 5.88. The summed E-state index contributed by atoms with van der Waals surface area (Å²) < 4.78 is 0. The summed E-state index contributed by atoms with van der Waals surface area (Å²) in [5.41, 5.74) is 0.534. The molecule has 1 aromatic heterocycles. The van der Waals surface area contributed by atoms with Gasteiger partial charge in [-0.1, -0.05) is 25.3 Å². The average Bonchev–Trinajstić information content (AvgIpc) is 3.30. The highest BCUT2D eigenvalue weighted by Gasteiger charge is 2.31. The maximum absolute atomic E-state index is 8.99. The first-order chi connectivity index (χ1) is 9.36. The number of hydrogen-bond donors (Lipinski definition) is 0. The molecule has 19 heavy (non-hydrogen) atoms. The molecule has 3 nitrogen and oxygen atoms in total. The SMILES string of the molecule is N#Cc1cccc(N(CC2CCCCC2)C2CC2)n1. The summed E-state index contributed by atoms with van der Waals surface area (Å²) in [4.78, 5) is 6.94. The molecule has 0 spiro atoms. The Morgan fingerprint density at radius 1 is 1.16 bits per heavy atom. The molecule has 0 bridgehead atoms. The summed E-state index contributed by atoms with van der Waals surface area (Å²) in [6.45, 7) is 1.13. The third-order valence-electron chi connectivity index (χ3n) is 4.31. The van der Waals surface area contributed by atoms with Crippen molar-refractivity contribution >= 4 is 5.82 Å². The smallest absolute Gasteiger partial charge is 0.142 e. The molecular weight excluding hydrogens is 234 g/mol. The van der Waals surface area contributed by atoms with Gasteiger partial charge in [0.05, 0.1) is 0 Å². The third kappa shape index (κ3) is 3.07. The number of pyridine rings is 1. The zero-order valence-electron chi connectivity index (χ0n) is 11.4. The topological polar surface area (TPSA) is 39.9 Å². The van der Waals surface area contributed by atoms with Crippen LogP contribution in [0, 0.1) is 17.2 Å². The zero-order chi connectivity index (χ0) is 13.1. The third-order valence-corrected chi connectivity index (χ3v) is 4.31. The van der Waals surface area contributed by atoms with Crippen LogP contribution in [0.2, 0.25) is 0 Å². The Bertz CT molecular complexity index is 467. The molecule has 0 atom stereocenters. The van der Waals surface area contributed by atoms with Crippen LogP contribution in [-0.2, 0) is 0 Å². The van der Waals surface area contributed by atoms with Crippen LogP contribution in [0.25, 0.3) is 0 Å². The van der Waals surface area contributed by atoms with Crippen molar-refractivity contribution in [2.24, 2.45) is 5.92 Å². The largest absolute Gasteiger partial charge is 0.353 e. The second kappa shape index (κ2) is 5.61. The normalized spacial score (nSPS) is 19.9. The highest BCUT2D eigenvalue weighted by atomic mass is 15.2. The van der Waals surface area contributed by atoms with E-state index in [0.717, 1.165) is 18.3 Å². The van der Waals surface area contributed by atoms with Crippen LogP contribution < -0.4 is 4.90 Å². The lowest BCUT2D eigenvalue weighted by Gasteiger charge is -2.30. The highest BCUT2D eigenvalue weighted by Crippen LogP contribution is 2.34. The summed E-state index contributed by atoms with van der Waals surface area (Å²) >= 11 is 0. The van der Waals surface area contributed by atoms with E-state index in [0.29, 0.717) is 11.7 Å². The van der Waals surface area contributed by atoms with Crippen molar-refractivity contribution in [2.45, 2.75) is 51.0 Å². The monoisotopic (exact) mass is 255 g/mol. The maximum atomic E-state index is 8.99. The fourth-order valence-electron chi connectivity index (χ4n) is 3.11. The number of aromatic nitrogens is 1. The molecule has 3 rings (SSSR count). The lowest BCUT2D eigenvalue weighted by molar-refractivity contribution is 0.356. The van der Waals surface area contributed by atoms with Crippen LogP contribution in [0.15, 0.2) is 18.2 Å². The van der Waals surface area contributed by atoms with E-state index in [1.165, 1.54) is 44.9 Å². The maximum Gasteiger partial charge on any atom is 0.142 e. The van der Waals surface area contributed by atoms with E-state index in [1.54, 1.807) is 6.07 Å². The fraction of sp³-hybridized carbons (Fsp3) is 0.625. The van der Waals surface area contributed by atoms with Gasteiger partial charge in [-0.05, 0) is 43.7 Å². The molecule has 0 radical (unpaired) electrons. The van der Waals surface area contributed by atoms with E-state index in [-0.39, 0.29) is 0 Å². The average molecular weight is 255 g/mol. The quantitative estimate of drug-likeness (QED) is 0.826. The van der Waals surface area contributed by atoms with Gasteiger partial charge in [-0.2, -0.15) is 5.26 Å². The summed E-state index contributed by atoms with van der Waals surface area (Å²) in [6.07, 6.45) is 9.46. The molecule has 100 valence electrons. The first kappa shape index (κ1) is 12.5. The van der Waals surface area contributed by atoms with Crippen molar-refractivity contribution in [3.63, 3.8) is 0 Å². The van der Waals surface area contributed by atoms with Crippen molar-refractivity contribution in [1.29, 1.82) is 5.26 Å². The number of nitriles is 1. The van der Waals surface area contributed by atoms with Crippen LogP contribution in [0.5, 0.6) is 0 Å². The van der Waals surface area contributed by atoms with Crippen molar-refractivity contribution in [3.05, 3.63) is 23.9 Å².